The van der Waals surface area contributed by atoms with E-state index in [1.54, 1.807) is 56.3 Å². The highest BCUT2D eigenvalue weighted by molar-refractivity contribution is 9.10. The molecule has 7 nitrogen and oxygen atoms in total. The zero-order valence-corrected chi connectivity index (χ0v) is 22.9. The van der Waals surface area contributed by atoms with Crippen LogP contribution in [0.25, 0.3) is 0 Å². The highest BCUT2D eigenvalue weighted by atomic mass is 79.9. The second-order valence-electron chi connectivity index (χ2n) is 8.38. The van der Waals surface area contributed by atoms with Crippen molar-refractivity contribution >= 4 is 43.5 Å². The van der Waals surface area contributed by atoms with Gasteiger partial charge in [-0.15, -0.1) is 0 Å². The van der Waals surface area contributed by atoms with Crippen molar-refractivity contribution in [3.63, 3.8) is 0 Å². The number of nitrogens with one attached hydrogen (secondary N) is 1. The van der Waals surface area contributed by atoms with E-state index in [1.807, 2.05) is 31.2 Å². The van der Waals surface area contributed by atoms with Gasteiger partial charge in [0.05, 0.1) is 10.6 Å². The minimum atomic E-state index is -4.06. The molecule has 0 saturated heterocycles. The third-order valence-corrected chi connectivity index (χ3v) is 8.03. The Bertz CT molecular complexity index is 1280. The molecule has 0 spiro atoms. The number of hydrogen-bond donors (Lipinski definition) is 1. The molecule has 1 unspecified atom stereocenters. The van der Waals surface area contributed by atoms with Gasteiger partial charge in [-0.3, -0.25) is 13.9 Å². The van der Waals surface area contributed by atoms with Crippen LogP contribution in [0.2, 0.25) is 0 Å². The summed E-state index contributed by atoms with van der Waals surface area (Å²) in [7, 11) is -4.06. The Balaban J connectivity index is 1.99. The molecule has 0 aliphatic heterocycles. The van der Waals surface area contributed by atoms with Gasteiger partial charge in [-0.05, 0) is 62.7 Å². The van der Waals surface area contributed by atoms with E-state index in [2.05, 4.69) is 21.2 Å². The van der Waals surface area contributed by atoms with Gasteiger partial charge in [0, 0.05) is 17.6 Å². The summed E-state index contributed by atoms with van der Waals surface area (Å²) >= 11 is 3.40. The van der Waals surface area contributed by atoms with Gasteiger partial charge in [-0.2, -0.15) is 0 Å². The largest absolute Gasteiger partial charge is 0.355 e. The summed E-state index contributed by atoms with van der Waals surface area (Å²) < 4.78 is 29.3. The summed E-state index contributed by atoms with van der Waals surface area (Å²) in [6.07, 6.45) is 0. The molecular weight excluding hydrogens is 542 g/mol. The summed E-state index contributed by atoms with van der Waals surface area (Å²) in [6, 6.07) is 21.6. The van der Waals surface area contributed by atoms with E-state index < -0.39 is 28.5 Å². The molecule has 3 rings (SSSR count). The van der Waals surface area contributed by atoms with Gasteiger partial charge < -0.3 is 10.2 Å². The molecule has 0 radical (unpaired) electrons. The first-order valence-electron chi connectivity index (χ1n) is 11.6. The number of amides is 2. The quantitative estimate of drug-likeness (QED) is 0.388. The predicted molar refractivity (Wildman–Crippen MR) is 145 cm³/mol. The zero-order chi connectivity index (χ0) is 26.3. The molecule has 36 heavy (non-hydrogen) atoms. The van der Waals surface area contributed by atoms with E-state index in [-0.39, 0.29) is 17.3 Å². The van der Waals surface area contributed by atoms with Crippen LogP contribution in [0.3, 0.4) is 0 Å². The van der Waals surface area contributed by atoms with Crippen molar-refractivity contribution in [3.8, 4) is 0 Å². The smallest absolute Gasteiger partial charge is 0.264 e. The first-order valence-corrected chi connectivity index (χ1v) is 13.8. The number of rotatable bonds is 10. The van der Waals surface area contributed by atoms with Crippen LogP contribution in [0, 0.1) is 6.92 Å². The number of halogens is 1. The number of benzene rings is 3. The fourth-order valence-corrected chi connectivity index (χ4v) is 5.33. The molecule has 0 aliphatic carbocycles. The fourth-order valence-electron chi connectivity index (χ4n) is 3.65. The SMILES string of the molecule is CCNC(=O)C(C)N(Cc1ccc(Br)cc1)C(=O)CN(c1ccccc1)S(=O)(=O)c1ccc(C)cc1. The summed E-state index contributed by atoms with van der Waals surface area (Å²) in [4.78, 5) is 27.9. The molecule has 2 amide bonds. The van der Waals surface area contributed by atoms with Crippen molar-refractivity contribution in [2.24, 2.45) is 0 Å². The van der Waals surface area contributed by atoms with Gasteiger partial charge >= 0.3 is 0 Å². The molecule has 0 aliphatic rings. The Morgan fingerprint density at radius 1 is 0.944 bits per heavy atom. The fraction of sp³-hybridized carbons (Fsp3) is 0.259. The lowest BCUT2D eigenvalue weighted by Gasteiger charge is -2.32. The number of carbonyl (C=O) groups excluding carboxylic acids is 2. The normalized spacial score (nSPS) is 12.0. The third-order valence-electron chi connectivity index (χ3n) is 5.72. The van der Waals surface area contributed by atoms with Crippen molar-refractivity contribution in [2.75, 3.05) is 17.4 Å². The Kier molecular flexibility index (Phi) is 9.28. The van der Waals surface area contributed by atoms with Crippen LogP contribution in [0.15, 0.2) is 88.2 Å². The molecule has 9 heteroatoms. The topological polar surface area (TPSA) is 86.8 Å². The Hall–Kier alpha value is -3.17. The van der Waals surface area contributed by atoms with Gasteiger partial charge in [-0.1, -0.05) is 64.0 Å². The molecule has 0 fully saturated rings. The van der Waals surface area contributed by atoms with Gasteiger partial charge in [0.1, 0.15) is 12.6 Å². The van der Waals surface area contributed by atoms with Crippen LogP contribution < -0.4 is 9.62 Å². The second-order valence-corrected chi connectivity index (χ2v) is 11.2. The zero-order valence-electron chi connectivity index (χ0n) is 20.5. The molecule has 0 aromatic heterocycles. The third kappa shape index (κ3) is 6.73. The molecule has 3 aromatic rings. The lowest BCUT2D eigenvalue weighted by Crippen LogP contribution is -2.51. The number of sulfonamides is 1. The molecule has 190 valence electrons. The lowest BCUT2D eigenvalue weighted by molar-refractivity contribution is -0.139. The standard InChI is InChI=1S/C27H30BrN3O4S/c1-4-29-27(33)21(3)30(18-22-12-14-23(28)15-13-22)26(32)19-31(24-8-6-5-7-9-24)36(34,35)25-16-10-20(2)11-17-25/h5-17,21H,4,18-19H2,1-3H3,(H,29,33). The molecular formula is C27H30BrN3O4S. The number of para-hydroxylation sites is 1. The molecule has 0 saturated carbocycles. The minimum Gasteiger partial charge on any atom is -0.355 e. The summed E-state index contributed by atoms with van der Waals surface area (Å²) in [5.74, 6) is -0.799. The van der Waals surface area contributed by atoms with Crippen LogP contribution in [-0.2, 0) is 26.2 Å². The Morgan fingerprint density at radius 3 is 2.14 bits per heavy atom. The van der Waals surface area contributed by atoms with Crippen LogP contribution in [0.5, 0.6) is 0 Å². The van der Waals surface area contributed by atoms with Gasteiger partial charge in [0.2, 0.25) is 11.8 Å². The maximum Gasteiger partial charge on any atom is 0.264 e. The Morgan fingerprint density at radius 2 is 1.56 bits per heavy atom. The average Bonchev–Trinajstić information content (AvgIpc) is 2.87. The predicted octanol–water partition coefficient (Wildman–Crippen LogP) is 4.51. The Labute approximate surface area is 221 Å². The van der Waals surface area contributed by atoms with Gasteiger partial charge in [-0.25, -0.2) is 8.42 Å². The number of likely N-dealkylation sites (N-methyl/N-ethyl adjacent to an activating group) is 1. The molecule has 3 aromatic carbocycles. The summed E-state index contributed by atoms with van der Waals surface area (Å²) in [6.45, 7) is 5.43. The maximum atomic E-state index is 13.7. The number of aryl methyl sites for hydroxylation is 1. The van der Waals surface area contributed by atoms with E-state index in [9.17, 15) is 18.0 Å². The monoisotopic (exact) mass is 571 g/mol. The van der Waals surface area contributed by atoms with E-state index in [0.717, 1.165) is 19.9 Å². The van der Waals surface area contributed by atoms with Crippen LogP contribution in [0.1, 0.15) is 25.0 Å². The summed E-state index contributed by atoms with van der Waals surface area (Å²) in [5.41, 5.74) is 2.10. The van der Waals surface area contributed by atoms with Crippen molar-refractivity contribution in [1.82, 2.24) is 10.2 Å². The minimum absolute atomic E-state index is 0.0842. The summed E-state index contributed by atoms with van der Waals surface area (Å²) in [5, 5.41) is 2.75. The van der Waals surface area contributed by atoms with Crippen molar-refractivity contribution < 1.29 is 18.0 Å². The van der Waals surface area contributed by atoms with Crippen molar-refractivity contribution in [2.45, 2.75) is 38.3 Å². The first-order chi connectivity index (χ1) is 17.1. The highest BCUT2D eigenvalue weighted by Crippen LogP contribution is 2.25. The number of hydrogen-bond acceptors (Lipinski definition) is 4. The maximum absolute atomic E-state index is 13.7. The van der Waals surface area contributed by atoms with Crippen molar-refractivity contribution in [1.29, 1.82) is 0 Å². The second kappa shape index (κ2) is 12.2. The van der Waals surface area contributed by atoms with Crippen LogP contribution in [-0.4, -0.2) is 44.3 Å². The van der Waals surface area contributed by atoms with Gasteiger partial charge in [0.15, 0.2) is 0 Å². The van der Waals surface area contributed by atoms with E-state index in [4.69, 9.17) is 0 Å². The molecule has 0 bridgehead atoms. The van der Waals surface area contributed by atoms with Crippen LogP contribution >= 0.6 is 15.9 Å². The first kappa shape index (κ1) is 27.4. The average molecular weight is 573 g/mol. The number of carbonyl (C=O) groups is 2. The highest BCUT2D eigenvalue weighted by Gasteiger charge is 2.32. The van der Waals surface area contributed by atoms with E-state index >= 15 is 0 Å². The number of nitrogens with zero attached hydrogens (tertiary/aromatic N) is 2. The lowest BCUT2D eigenvalue weighted by atomic mass is 10.1. The van der Waals surface area contributed by atoms with Crippen molar-refractivity contribution in [3.05, 3.63) is 94.5 Å². The van der Waals surface area contributed by atoms with E-state index in [0.29, 0.717) is 12.2 Å². The molecule has 1 atom stereocenters. The van der Waals surface area contributed by atoms with Crippen LogP contribution in [0.4, 0.5) is 5.69 Å². The van der Waals surface area contributed by atoms with E-state index in [1.165, 1.54) is 17.0 Å². The molecule has 1 N–H and O–H groups in total. The van der Waals surface area contributed by atoms with Gasteiger partial charge in [0.25, 0.3) is 10.0 Å². The number of anilines is 1. The molecule has 0 heterocycles.